The van der Waals surface area contributed by atoms with Crippen molar-refractivity contribution in [2.45, 2.75) is 26.7 Å². The molecule has 5 nitrogen and oxygen atoms in total. The Hall–Kier alpha value is -2.43. The van der Waals surface area contributed by atoms with Crippen molar-refractivity contribution in [3.8, 4) is 0 Å². The predicted molar refractivity (Wildman–Crippen MR) is 81.8 cm³/mol. The molecule has 0 unspecified atom stereocenters. The first-order valence-electron chi connectivity index (χ1n) is 6.99. The Balaban J connectivity index is 2.26. The van der Waals surface area contributed by atoms with E-state index in [4.69, 9.17) is 5.11 Å². The zero-order valence-electron chi connectivity index (χ0n) is 12.3. The van der Waals surface area contributed by atoms with E-state index in [2.05, 4.69) is 15.3 Å². The van der Waals surface area contributed by atoms with Gasteiger partial charge in [-0.15, -0.1) is 0 Å². The highest BCUT2D eigenvalue weighted by molar-refractivity contribution is 5.86. The van der Waals surface area contributed by atoms with Gasteiger partial charge in [-0.3, -0.25) is 0 Å². The van der Waals surface area contributed by atoms with Gasteiger partial charge < -0.3 is 10.4 Å². The number of aryl methyl sites for hydroxylation is 1. The zero-order valence-corrected chi connectivity index (χ0v) is 12.3. The minimum atomic E-state index is -1.04. The highest BCUT2D eigenvalue weighted by Gasteiger charge is 2.10. The van der Waals surface area contributed by atoms with Crippen molar-refractivity contribution in [2.75, 3.05) is 11.9 Å². The molecule has 0 atom stereocenters. The minimum absolute atomic E-state index is 0.0192. The van der Waals surface area contributed by atoms with Crippen LogP contribution in [0, 0.1) is 6.92 Å². The molecule has 0 aliphatic carbocycles. The molecule has 0 amide bonds. The fraction of sp³-hybridized carbons (Fsp3) is 0.312. The van der Waals surface area contributed by atoms with Crippen LogP contribution in [0.4, 0.5) is 5.82 Å². The van der Waals surface area contributed by atoms with Gasteiger partial charge in [0.2, 0.25) is 0 Å². The van der Waals surface area contributed by atoms with E-state index in [1.807, 2.05) is 38.1 Å². The van der Waals surface area contributed by atoms with Crippen LogP contribution in [-0.4, -0.2) is 27.6 Å². The molecule has 1 heterocycles. The smallest absolute Gasteiger partial charge is 0.354 e. The van der Waals surface area contributed by atoms with E-state index in [0.717, 1.165) is 18.5 Å². The van der Waals surface area contributed by atoms with E-state index in [1.165, 1.54) is 11.6 Å². The molecular weight excluding hydrogens is 266 g/mol. The standard InChI is InChI=1S/C16H19N3O2/c1-3-8-17-14-10-13(16(20)21)18-15(19-14)9-12-6-4-11(2)5-7-12/h4-7,10H,3,8-9H2,1-2H3,(H,20,21)(H,17,18,19). The van der Waals surface area contributed by atoms with Gasteiger partial charge in [-0.2, -0.15) is 0 Å². The van der Waals surface area contributed by atoms with Gasteiger partial charge in [0, 0.05) is 19.0 Å². The molecule has 1 aromatic carbocycles. The van der Waals surface area contributed by atoms with Crippen molar-refractivity contribution in [3.63, 3.8) is 0 Å². The number of anilines is 1. The summed E-state index contributed by atoms with van der Waals surface area (Å²) in [4.78, 5) is 19.7. The normalized spacial score (nSPS) is 10.4. The maximum Gasteiger partial charge on any atom is 0.354 e. The number of aromatic carboxylic acids is 1. The minimum Gasteiger partial charge on any atom is -0.477 e. The van der Waals surface area contributed by atoms with Crippen molar-refractivity contribution in [1.29, 1.82) is 0 Å². The summed E-state index contributed by atoms with van der Waals surface area (Å²) in [6, 6.07) is 9.52. The molecule has 110 valence electrons. The van der Waals surface area contributed by atoms with Gasteiger partial charge in [-0.25, -0.2) is 14.8 Å². The monoisotopic (exact) mass is 285 g/mol. The average Bonchev–Trinajstić information content (AvgIpc) is 2.47. The lowest BCUT2D eigenvalue weighted by Gasteiger charge is -2.08. The van der Waals surface area contributed by atoms with Crippen LogP contribution in [0.15, 0.2) is 30.3 Å². The van der Waals surface area contributed by atoms with Crippen molar-refractivity contribution in [2.24, 2.45) is 0 Å². The predicted octanol–water partition coefficient (Wildman–Crippen LogP) is 2.90. The Morgan fingerprint density at radius 1 is 1.24 bits per heavy atom. The summed E-state index contributed by atoms with van der Waals surface area (Å²) in [5.74, 6) is 0.0332. The van der Waals surface area contributed by atoms with E-state index in [-0.39, 0.29) is 5.69 Å². The maximum absolute atomic E-state index is 11.2. The summed E-state index contributed by atoms with van der Waals surface area (Å²) in [7, 11) is 0. The second-order valence-corrected chi connectivity index (χ2v) is 4.95. The number of nitrogens with one attached hydrogen (secondary N) is 1. The maximum atomic E-state index is 11.2. The van der Waals surface area contributed by atoms with Crippen LogP contribution in [0.1, 0.15) is 40.8 Å². The van der Waals surface area contributed by atoms with Gasteiger partial charge in [-0.05, 0) is 18.9 Å². The lowest BCUT2D eigenvalue weighted by atomic mass is 10.1. The van der Waals surface area contributed by atoms with Gasteiger partial charge >= 0.3 is 5.97 Å². The van der Waals surface area contributed by atoms with E-state index in [9.17, 15) is 4.79 Å². The molecule has 0 fully saturated rings. The second kappa shape index (κ2) is 6.83. The summed E-state index contributed by atoms with van der Waals surface area (Å²) < 4.78 is 0. The molecule has 0 saturated carbocycles. The summed E-state index contributed by atoms with van der Waals surface area (Å²) in [5, 5.41) is 12.3. The summed E-state index contributed by atoms with van der Waals surface area (Å²) >= 11 is 0. The van der Waals surface area contributed by atoms with Crippen LogP contribution in [0.3, 0.4) is 0 Å². The first-order valence-corrected chi connectivity index (χ1v) is 6.99. The van der Waals surface area contributed by atoms with Crippen LogP contribution in [0.25, 0.3) is 0 Å². The Morgan fingerprint density at radius 2 is 1.95 bits per heavy atom. The number of carboxylic acid groups (broad SMARTS) is 1. The van der Waals surface area contributed by atoms with Crippen LogP contribution in [-0.2, 0) is 6.42 Å². The zero-order chi connectivity index (χ0) is 15.2. The van der Waals surface area contributed by atoms with Gasteiger partial charge in [0.05, 0.1) is 0 Å². The molecule has 0 radical (unpaired) electrons. The second-order valence-electron chi connectivity index (χ2n) is 4.95. The first kappa shape index (κ1) is 15.0. The fourth-order valence-corrected chi connectivity index (χ4v) is 1.92. The van der Waals surface area contributed by atoms with E-state index in [0.29, 0.717) is 18.1 Å². The Labute approximate surface area is 124 Å². The number of rotatable bonds is 6. The molecule has 2 N–H and O–H groups in total. The van der Waals surface area contributed by atoms with Crippen LogP contribution in [0.5, 0.6) is 0 Å². The number of hydrogen-bond donors (Lipinski definition) is 2. The fourth-order valence-electron chi connectivity index (χ4n) is 1.92. The Kier molecular flexibility index (Phi) is 4.87. The molecule has 1 aromatic heterocycles. The van der Waals surface area contributed by atoms with Crippen molar-refractivity contribution in [3.05, 3.63) is 53.0 Å². The quantitative estimate of drug-likeness (QED) is 0.853. The van der Waals surface area contributed by atoms with Gasteiger partial charge in [0.1, 0.15) is 11.6 Å². The van der Waals surface area contributed by atoms with E-state index < -0.39 is 5.97 Å². The number of benzene rings is 1. The molecule has 0 aliphatic heterocycles. The van der Waals surface area contributed by atoms with Gasteiger partial charge in [0.25, 0.3) is 0 Å². The van der Waals surface area contributed by atoms with Crippen LogP contribution < -0.4 is 5.32 Å². The summed E-state index contributed by atoms with van der Waals surface area (Å²) in [5.41, 5.74) is 2.26. The lowest BCUT2D eigenvalue weighted by molar-refractivity contribution is 0.0690. The van der Waals surface area contributed by atoms with Crippen LogP contribution in [0.2, 0.25) is 0 Å². The molecular formula is C16H19N3O2. The SMILES string of the molecule is CCCNc1cc(C(=O)O)nc(Cc2ccc(C)cc2)n1. The molecule has 2 aromatic rings. The number of carbonyl (C=O) groups is 1. The highest BCUT2D eigenvalue weighted by Crippen LogP contribution is 2.12. The largest absolute Gasteiger partial charge is 0.477 e. The molecule has 0 aliphatic rings. The van der Waals surface area contributed by atoms with Crippen molar-refractivity contribution >= 4 is 11.8 Å². The Bertz CT molecular complexity index is 624. The first-order chi connectivity index (χ1) is 10.1. The third-order valence-corrected chi connectivity index (χ3v) is 3.03. The van der Waals surface area contributed by atoms with E-state index >= 15 is 0 Å². The number of aromatic nitrogens is 2. The number of hydrogen-bond acceptors (Lipinski definition) is 4. The lowest BCUT2D eigenvalue weighted by Crippen LogP contribution is -2.10. The third-order valence-electron chi connectivity index (χ3n) is 3.03. The number of nitrogens with zero attached hydrogens (tertiary/aromatic N) is 2. The van der Waals surface area contributed by atoms with E-state index in [1.54, 1.807) is 0 Å². The van der Waals surface area contributed by atoms with Crippen LogP contribution >= 0.6 is 0 Å². The number of carboxylic acids is 1. The Morgan fingerprint density at radius 3 is 2.57 bits per heavy atom. The van der Waals surface area contributed by atoms with Gasteiger partial charge in [0.15, 0.2) is 5.69 Å². The molecule has 0 saturated heterocycles. The van der Waals surface area contributed by atoms with Gasteiger partial charge in [-0.1, -0.05) is 36.8 Å². The topological polar surface area (TPSA) is 75.1 Å². The molecule has 21 heavy (non-hydrogen) atoms. The van der Waals surface area contributed by atoms with Crippen molar-refractivity contribution < 1.29 is 9.90 Å². The molecule has 5 heteroatoms. The summed E-state index contributed by atoms with van der Waals surface area (Å²) in [6.45, 7) is 4.82. The molecule has 0 spiro atoms. The third kappa shape index (κ3) is 4.27. The highest BCUT2D eigenvalue weighted by atomic mass is 16.4. The average molecular weight is 285 g/mol. The molecule has 0 bridgehead atoms. The summed E-state index contributed by atoms with van der Waals surface area (Å²) in [6.07, 6.45) is 1.46. The van der Waals surface area contributed by atoms with Crippen molar-refractivity contribution in [1.82, 2.24) is 9.97 Å². The molecule has 2 rings (SSSR count).